The van der Waals surface area contributed by atoms with Gasteiger partial charge in [-0.25, -0.2) is 4.39 Å². The minimum atomic E-state index is -0.736. The Bertz CT molecular complexity index is 307. The first-order chi connectivity index (χ1) is 6.63. The van der Waals surface area contributed by atoms with E-state index in [1.165, 1.54) is 18.2 Å². The lowest BCUT2D eigenvalue weighted by atomic mass is 10.3. The van der Waals surface area contributed by atoms with Gasteiger partial charge in [-0.2, -0.15) is 0 Å². The third kappa shape index (κ3) is 3.33. The maximum absolute atomic E-state index is 12.7. The fourth-order valence-corrected chi connectivity index (χ4v) is 1.06. The predicted octanol–water partition coefficient (Wildman–Crippen LogP) is 2.46. The molecule has 0 aromatic heterocycles. The first kappa shape index (κ1) is 11.6. The molecule has 0 aliphatic rings. The Morgan fingerprint density at radius 2 is 2.21 bits per heavy atom. The number of halogens is 3. The Morgan fingerprint density at radius 3 is 2.79 bits per heavy atom. The third-order valence-corrected chi connectivity index (χ3v) is 2.16. The van der Waals surface area contributed by atoms with Crippen molar-refractivity contribution in [2.75, 3.05) is 12.5 Å². The van der Waals surface area contributed by atoms with Crippen molar-refractivity contribution in [2.45, 2.75) is 6.10 Å². The molecule has 14 heavy (non-hydrogen) atoms. The van der Waals surface area contributed by atoms with Crippen molar-refractivity contribution in [3.05, 3.63) is 29.0 Å². The summed E-state index contributed by atoms with van der Waals surface area (Å²) in [4.78, 5) is 0. The van der Waals surface area contributed by atoms with Gasteiger partial charge in [0, 0.05) is 6.07 Å². The van der Waals surface area contributed by atoms with Crippen LogP contribution in [-0.2, 0) is 0 Å². The van der Waals surface area contributed by atoms with Crippen molar-refractivity contribution < 1.29 is 14.2 Å². The summed E-state index contributed by atoms with van der Waals surface area (Å²) in [6.07, 6.45) is -0.736. The van der Waals surface area contributed by atoms with Crippen molar-refractivity contribution >= 4 is 23.2 Å². The van der Waals surface area contributed by atoms with E-state index in [-0.39, 0.29) is 17.5 Å². The largest absolute Gasteiger partial charge is 0.491 e. The average Bonchev–Trinajstić information content (AvgIpc) is 2.19. The van der Waals surface area contributed by atoms with Gasteiger partial charge in [0.1, 0.15) is 24.3 Å². The zero-order valence-corrected chi connectivity index (χ0v) is 8.72. The summed E-state index contributed by atoms with van der Waals surface area (Å²) < 4.78 is 17.8. The van der Waals surface area contributed by atoms with Gasteiger partial charge in [0.05, 0.1) is 10.9 Å². The second-order valence-electron chi connectivity index (χ2n) is 2.70. The summed E-state index contributed by atoms with van der Waals surface area (Å²) in [6.45, 7) is 0.0610. The minimum absolute atomic E-state index is 0.0112. The highest BCUT2D eigenvalue weighted by Crippen LogP contribution is 2.21. The van der Waals surface area contributed by atoms with Crippen LogP contribution in [0.1, 0.15) is 0 Å². The molecule has 2 nitrogen and oxygen atoms in total. The lowest BCUT2D eigenvalue weighted by Crippen LogP contribution is -2.18. The maximum atomic E-state index is 12.7. The second kappa shape index (κ2) is 5.39. The SMILES string of the molecule is OC(CCl)COc1ccc(F)c(Cl)c1. The Hall–Kier alpha value is -0.510. The summed E-state index contributed by atoms with van der Waals surface area (Å²) in [5, 5.41) is 9.07. The smallest absolute Gasteiger partial charge is 0.142 e. The number of ether oxygens (including phenoxy) is 1. The van der Waals surface area contributed by atoms with Crippen LogP contribution in [-0.4, -0.2) is 23.7 Å². The summed E-state index contributed by atoms with van der Waals surface area (Å²) in [5.41, 5.74) is 0. The molecule has 0 heterocycles. The topological polar surface area (TPSA) is 29.5 Å². The van der Waals surface area contributed by atoms with E-state index in [0.717, 1.165) is 0 Å². The Labute approximate surface area is 91.2 Å². The quantitative estimate of drug-likeness (QED) is 0.817. The van der Waals surface area contributed by atoms with Crippen LogP contribution in [0.4, 0.5) is 4.39 Å². The number of hydrogen-bond donors (Lipinski definition) is 1. The molecule has 1 N–H and O–H groups in total. The van der Waals surface area contributed by atoms with E-state index in [9.17, 15) is 4.39 Å². The number of hydrogen-bond acceptors (Lipinski definition) is 2. The van der Waals surface area contributed by atoms with Gasteiger partial charge in [-0.05, 0) is 12.1 Å². The third-order valence-electron chi connectivity index (χ3n) is 1.51. The summed E-state index contributed by atoms with van der Waals surface area (Å²) >= 11 is 10.9. The fraction of sp³-hybridized carbons (Fsp3) is 0.333. The van der Waals surface area contributed by atoms with Crippen molar-refractivity contribution in [3.8, 4) is 5.75 Å². The number of benzene rings is 1. The predicted molar refractivity (Wildman–Crippen MR) is 53.6 cm³/mol. The fourth-order valence-electron chi connectivity index (χ4n) is 0.804. The number of alkyl halides is 1. The first-order valence-electron chi connectivity index (χ1n) is 3.95. The number of rotatable bonds is 4. The number of aliphatic hydroxyl groups is 1. The van der Waals surface area contributed by atoms with Gasteiger partial charge in [-0.3, -0.25) is 0 Å². The highest BCUT2D eigenvalue weighted by Gasteiger charge is 2.05. The zero-order valence-electron chi connectivity index (χ0n) is 7.21. The molecule has 0 amide bonds. The molecule has 0 aliphatic heterocycles. The van der Waals surface area contributed by atoms with Crippen LogP contribution in [0.2, 0.25) is 5.02 Å². The number of aliphatic hydroxyl groups excluding tert-OH is 1. The molecule has 0 saturated heterocycles. The molecule has 0 saturated carbocycles. The van der Waals surface area contributed by atoms with Crippen molar-refractivity contribution in [1.29, 1.82) is 0 Å². The molecule has 1 aromatic carbocycles. The molecule has 0 spiro atoms. The van der Waals surface area contributed by atoms with Crippen molar-refractivity contribution in [2.24, 2.45) is 0 Å². The van der Waals surface area contributed by atoms with Gasteiger partial charge in [0.2, 0.25) is 0 Å². The molecule has 0 fully saturated rings. The van der Waals surface area contributed by atoms with Gasteiger partial charge in [0.25, 0.3) is 0 Å². The average molecular weight is 239 g/mol. The minimum Gasteiger partial charge on any atom is -0.491 e. The van der Waals surface area contributed by atoms with Gasteiger partial charge in [0.15, 0.2) is 0 Å². The molecule has 1 aromatic rings. The van der Waals surface area contributed by atoms with E-state index in [0.29, 0.717) is 5.75 Å². The van der Waals surface area contributed by atoms with Gasteiger partial charge in [-0.15, -0.1) is 11.6 Å². The first-order valence-corrected chi connectivity index (χ1v) is 4.86. The van der Waals surface area contributed by atoms with Crippen LogP contribution in [0.5, 0.6) is 5.75 Å². The summed E-state index contributed by atoms with van der Waals surface area (Å²) in [5.74, 6) is -0.00737. The molecular formula is C9H9Cl2FO2. The molecule has 5 heteroatoms. The van der Waals surface area contributed by atoms with Crippen LogP contribution in [0.25, 0.3) is 0 Å². The molecule has 0 aliphatic carbocycles. The monoisotopic (exact) mass is 238 g/mol. The maximum Gasteiger partial charge on any atom is 0.142 e. The van der Waals surface area contributed by atoms with E-state index in [4.69, 9.17) is 33.0 Å². The van der Waals surface area contributed by atoms with E-state index < -0.39 is 11.9 Å². The van der Waals surface area contributed by atoms with Crippen LogP contribution >= 0.6 is 23.2 Å². The van der Waals surface area contributed by atoms with Crippen LogP contribution in [0.3, 0.4) is 0 Å². The highest BCUT2D eigenvalue weighted by atomic mass is 35.5. The lowest BCUT2D eigenvalue weighted by molar-refractivity contribution is 0.125. The van der Waals surface area contributed by atoms with Gasteiger partial charge < -0.3 is 9.84 Å². The Kier molecular flexibility index (Phi) is 4.45. The summed E-state index contributed by atoms with van der Waals surface area (Å²) in [7, 11) is 0. The second-order valence-corrected chi connectivity index (χ2v) is 3.41. The summed E-state index contributed by atoms with van der Waals surface area (Å²) in [6, 6.07) is 3.98. The Morgan fingerprint density at radius 1 is 1.50 bits per heavy atom. The standard InChI is InChI=1S/C9H9Cl2FO2/c10-4-6(13)5-14-7-1-2-9(12)8(11)3-7/h1-3,6,13H,4-5H2. The van der Waals surface area contributed by atoms with E-state index >= 15 is 0 Å². The van der Waals surface area contributed by atoms with Crippen molar-refractivity contribution in [3.63, 3.8) is 0 Å². The van der Waals surface area contributed by atoms with E-state index in [1.807, 2.05) is 0 Å². The van der Waals surface area contributed by atoms with Crippen LogP contribution < -0.4 is 4.74 Å². The van der Waals surface area contributed by atoms with Gasteiger partial charge >= 0.3 is 0 Å². The molecule has 1 rings (SSSR count). The molecule has 1 atom stereocenters. The van der Waals surface area contributed by atoms with Gasteiger partial charge in [-0.1, -0.05) is 11.6 Å². The van der Waals surface area contributed by atoms with Crippen molar-refractivity contribution in [1.82, 2.24) is 0 Å². The normalized spacial score (nSPS) is 12.6. The highest BCUT2D eigenvalue weighted by molar-refractivity contribution is 6.30. The molecule has 1 unspecified atom stereocenters. The van der Waals surface area contributed by atoms with Crippen LogP contribution in [0.15, 0.2) is 18.2 Å². The Balaban J connectivity index is 2.55. The van der Waals surface area contributed by atoms with E-state index in [2.05, 4.69) is 0 Å². The lowest BCUT2D eigenvalue weighted by Gasteiger charge is -2.09. The molecule has 0 bridgehead atoms. The molecule has 78 valence electrons. The van der Waals surface area contributed by atoms with Crippen LogP contribution in [0, 0.1) is 5.82 Å². The zero-order chi connectivity index (χ0) is 10.6. The molecule has 0 radical (unpaired) electrons. The molecular weight excluding hydrogens is 230 g/mol. The van der Waals surface area contributed by atoms with E-state index in [1.54, 1.807) is 0 Å².